The summed E-state index contributed by atoms with van der Waals surface area (Å²) in [5.74, 6) is -2.60. The van der Waals surface area contributed by atoms with E-state index in [0.717, 1.165) is 6.42 Å². The summed E-state index contributed by atoms with van der Waals surface area (Å²) in [6, 6.07) is 8.15. The number of aliphatic carboxylic acids is 2. The monoisotopic (exact) mass is 262 g/mol. The maximum atomic E-state index is 11.4. The van der Waals surface area contributed by atoms with E-state index in [1.54, 1.807) is 30.3 Å². The Morgan fingerprint density at radius 2 is 1.67 bits per heavy atom. The SMILES string of the molecule is CCCCC(C(=O)O)(C(=O)O)c1ccccc1.[H-].[H-].[Mg+2]. The molecule has 0 aliphatic heterocycles. The number of benzene rings is 1. The molecular weight excluding hydrogens is 244 g/mol. The molecule has 96 valence electrons. The fourth-order valence-electron chi connectivity index (χ4n) is 1.86. The smallest absolute Gasteiger partial charge is 1.00 e. The number of hydrogen-bond acceptors (Lipinski definition) is 2. The Balaban J connectivity index is -0.000000963. The minimum absolute atomic E-state index is 0. The van der Waals surface area contributed by atoms with Gasteiger partial charge in [-0.15, -0.1) is 0 Å². The second kappa shape index (κ2) is 7.38. The van der Waals surface area contributed by atoms with Crippen LogP contribution in [0.25, 0.3) is 0 Å². The van der Waals surface area contributed by atoms with Crippen LogP contribution in [0.1, 0.15) is 34.6 Å². The quantitative estimate of drug-likeness (QED) is 0.608. The second-order valence-electron chi connectivity index (χ2n) is 3.99. The molecule has 0 aromatic heterocycles. The molecule has 0 fully saturated rings. The van der Waals surface area contributed by atoms with Crippen molar-refractivity contribution in [1.82, 2.24) is 0 Å². The third-order valence-electron chi connectivity index (χ3n) is 2.90. The van der Waals surface area contributed by atoms with E-state index in [2.05, 4.69) is 0 Å². The van der Waals surface area contributed by atoms with E-state index in [1.165, 1.54) is 0 Å². The molecule has 0 saturated heterocycles. The van der Waals surface area contributed by atoms with Crippen LogP contribution in [0.2, 0.25) is 0 Å². The Labute approximate surface area is 125 Å². The van der Waals surface area contributed by atoms with Crippen LogP contribution in [0.3, 0.4) is 0 Å². The maximum Gasteiger partial charge on any atom is 2.00 e. The van der Waals surface area contributed by atoms with Crippen LogP contribution in [0.5, 0.6) is 0 Å². The molecule has 0 radical (unpaired) electrons. The standard InChI is InChI=1S/C13H16O4.Mg.2H/c1-2-3-9-13(11(14)15,12(16)17)10-7-5-4-6-8-10;;;/h4-8H,2-3,9H2,1H3,(H,14,15)(H,16,17);;;/q;+2;2*-1. The number of unbranched alkanes of at least 4 members (excludes halogenated alkanes) is 1. The third kappa shape index (κ3) is 3.23. The first-order chi connectivity index (χ1) is 8.05. The van der Waals surface area contributed by atoms with E-state index < -0.39 is 17.4 Å². The molecule has 5 heteroatoms. The zero-order chi connectivity index (χ0) is 12.9. The molecule has 1 rings (SSSR count). The van der Waals surface area contributed by atoms with Crippen LogP contribution in [0.4, 0.5) is 0 Å². The molecular formula is C13H18MgO4. The summed E-state index contributed by atoms with van der Waals surface area (Å²) in [6.07, 6.45) is 1.43. The van der Waals surface area contributed by atoms with Crippen molar-refractivity contribution >= 4 is 35.0 Å². The summed E-state index contributed by atoms with van der Waals surface area (Å²) in [5.41, 5.74) is -1.49. The second-order valence-corrected chi connectivity index (χ2v) is 3.99. The van der Waals surface area contributed by atoms with E-state index in [-0.39, 0.29) is 32.3 Å². The van der Waals surface area contributed by atoms with Gasteiger partial charge in [-0.05, 0) is 12.0 Å². The molecule has 0 aliphatic carbocycles. The van der Waals surface area contributed by atoms with Gasteiger partial charge in [0.1, 0.15) is 0 Å². The van der Waals surface area contributed by atoms with Gasteiger partial charge in [0, 0.05) is 0 Å². The van der Waals surface area contributed by atoms with Crippen molar-refractivity contribution < 1.29 is 22.7 Å². The average Bonchev–Trinajstić information content (AvgIpc) is 2.30. The Kier molecular flexibility index (Phi) is 6.94. The molecule has 0 saturated carbocycles. The Morgan fingerprint density at radius 3 is 2.06 bits per heavy atom. The summed E-state index contributed by atoms with van der Waals surface area (Å²) in [6.45, 7) is 1.90. The Morgan fingerprint density at radius 1 is 1.17 bits per heavy atom. The number of carboxylic acid groups (broad SMARTS) is 2. The van der Waals surface area contributed by atoms with Gasteiger partial charge >= 0.3 is 35.0 Å². The van der Waals surface area contributed by atoms with Gasteiger partial charge in [0.2, 0.25) is 0 Å². The van der Waals surface area contributed by atoms with Crippen LogP contribution >= 0.6 is 0 Å². The summed E-state index contributed by atoms with van der Waals surface area (Å²) in [5, 5.41) is 18.6. The van der Waals surface area contributed by atoms with Crippen LogP contribution in [-0.2, 0) is 15.0 Å². The van der Waals surface area contributed by atoms with Gasteiger partial charge in [-0.2, -0.15) is 0 Å². The molecule has 18 heavy (non-hydrogen) atoms. The molecule has 1 aromatic rings. The fraction of sp³-hybridized carbons (Fsp3) is 0.385. The molecule has 0 unspecified atom stereocenters. The van der Waals surface area contributed by atoms with Gasteiger partial charge in [-0.3, -0.25) is 9.59 Å². The number of hydrogen-bond donors (Lipinski definition) is 2. The van der Waals surface area contributed by atoms with E-state index >= 15 is 0 Å². The molecule has 2 N–H and O–H groups in total. The van der Waals surface area contributed by atoms with Gasteiger partial charge in [-0.1, -0.05) is 50.1 Å². The third-order valence-corrected chi connectivity index (χ3v) is 2.90. The molecule has 0 atom stereocenters. The summed E-state index contributed by atoms with van der Waals surface area (Å²) in [4.78, 5) is 22.8. The Hall–Kier alpha value is -1.07. The van der Waals surface area contributed by atoms with Gasteiger partial charge in [0.05, 0.1) is 0 Å². The molecule has 4 nitrogen and oxygen atoms in total. The summed E-state index contributed by atoms with van der Waals surface area (Å²) >= 11 is 0. The Bertz CT molecular complexity index is 398. The molecule has 0 bridgehead atoms. The predicted octanol–water partition coefficient (Wildman–Crippen LogP) is 2.13. The topological polar surface area (TPSA) is 74.6 Å². The van der Waals surface area contributed by atoms with Crippen LogP contribution < -0.4 is 0 Å². The molecule has 0 heterocycles. The largest absolute Gasteiger partial charge is 2.00 e. The number of carbonyl (C=O) groups is 2. The molecule has 0 spiro atoms. The van der Waals surface area contributed by atoms with Gasteiger partial charge in [0.25, 0.3) is 0 Å². The summed E-state index contributed by atoms with van der Waals surface area (Å²) < 4.78 is 0. The van der Waals surface area contributed by atoms with Crippen molar-refractivity contribution in [2.24, 2.45) is 0 Å². The maximum absolute atomic E-state index is 11.4. The van der Waals surface area contributed by atoms with Crippen molar-refractivity contribution in [3.8, 4) is 0 Å². The molecule has 1 aromatic carbocycles. The number of carboxylic acids is 2. The van der Waals surface area contributed by atoms with Gasteiger partial charge < -0.3 is 13.1 Å². The zero-order valence-corrected chi connectivity index (χ0v) is 11.8. The number of rotatable bonds is 6. The minimum atomic E-state index is -1.82. The molecule has 0 amide bonds. The van der Waals surface area contributed by atoms with E-state index in [0.29, 0.717) is 12.0 Å². The normalized spacial score (nSPS) is 10.5. The zero-order valence-electron chi connectivity index (χ0n) is 12.4. The van der Waals surface area contributed by atoms with Crippen molar-refractivity contribution in [3.63, 3.8) is 0 Å². The van der Waals surface area contributed by atoms with E-state index in [1.807, 2.05) is 6.92 Å². The van der Waals surface area contributed by atoms with Crippen LogP contribution in [0, 0.1) is 0 Å². The molecule has 0 aliphatic rings. The van der Waals surface area contributed by atoms with Crippen LogP contribution in [-0.4, -0.2) is 45.2 Å². The first kappa shape index (κ1) is 16.9. The van der Waals surface area contributed by atoms with E-state index in [4.69, 9.17) is 0 Å². The fourth-order valence-corrected chi connectivity index (χ4v) is 1.86. The predicted molar refractivity (Wildman–Crippen MR) is 70.9 cm³/mol. The first-order valence-electron chi connectivity index (χ1n) is 5.58. The summed E-state index contributed by atoms with van der Waals surface area (Å²) in [7, 11) is 0. The first-order valence-corrected chi connectivity index (χ1v) is 5.58. The van der Waals surface area contributed by atoms with Crippen LogP contribution in [0.15, 0.2) is 30.3 Å². The van der Waals surface area contributed by atoms with Crippen molar-refractivity contribution in [3.05, 3.63) is 35.9 Å². The average molecular weight is 263 g/mol. The van der Waals surface area contributed by atoms with Gasteiger partial charge in [0.15, 0.2) is 5.41 Å². The minimum Gasteiger partial charge on any atom is -1.00 e. The van der Waals surface area contributed by atoms with Crippen molar-refractivity contribution in [2.75, 3.05) is 0 Å². The van der Waals surface area contributed by atoms with E-state index in [9.17, 15) is 19.8 Å². The van der Waals surface area contributed by atoms with Crippen molar-refractivity contribution in [1.29, 1.82) is 0 Å². The van der Waals surface area contributed by atoms with Gasteiger partial charge in [-0.25, -0.2) is 0 Å². The van der Waals surface area contributed by atoms with Crippen molar-refractivity contribution in [2.45, 2.75) is 31.6 Å².